The van der Waals surface area contributed by atoms with Crippen molar-refractivity contribution in [3.8, 4) is 0 Å². The van der Waals surface area contributed by atoms with Crippen LogP contribution in [0.15, 0.2) is 105 Å². The van der Waals surface area contributed by atoms with E-state index < -0.39 is 7.92 Å². The van der Waals surface area contributed by atoms with E-state index in [2.05, 4.69) is 49.6 Å². The molecule has 0 aliphatic rings. The number of benzene rings is 3. The Labute approximate surface area is 186 Å². The highest BCUT2D eigenvalue weighted by molar-refractivity contribution is 7.79. The van der Waals surface area contributed by atoms with E-state index in [1.807, 2.05) is 48.5 Å². The Morgan fingerprint density at radius 1 is 0.656 bits per heavy atom. The Kier molecular flexibility index (Phi) is 4.38. The Balaban J connectivity index is 1.66. The summed E-state index contributed by atoms with van der Waals surface area (Å²) in [7, 11) is -1.14. The average molecular weight is 434 g/mol. The van der Waals surface area contributed by atoms with Crippen molar-refractivity contribution in [2.75, 3.05) is 0 Å². The van der Waals surface area contributed by atoms with Crippen molar-refractivity contribution in [2.45, 2.75) is 0 Å². The SMILES string of the molecule is C=Cc1oc2c(P(c3cc4ccccc4o3)c3cc4ccccc4o3)cccc2c1C=C. The maximum absolute atomic E-state index is 6.36. The minimum Gasteiger partial charge on any atom is -0.456 e. The number of hydrogen-bond acceptors (Lipinski definition) is 3. The molecule has 4 heteroatoms. The fraction of sp³-hybridized carbons (Fsp3) is 0. The van der Waals surface area contributed by atoms with E-state index in [0.29, 0.717) is 5.76 Å². The molecule has 0 saturated heterocycles. The van der Waals surface area contributed by atoms with Gasteiger partial charge in [-0.15, -0.1) is 0 Å². The quantitative estimate of drug-likeness (QED) is 0.275. The molecule has 0 spiro atoms. The monoisotopic (exact) mass is 434 g/mol. The normalized spacial score (nSPS) is 11.7. The second-order valence-corrected chi connectivity index (χ2v) is 9.56. The van der Waals surface area contributed by atoms with Crippen LogP contribution < -0.4 is 16.3 Å². The van der Waals surface area contributed by atoms with Gasteiger partial charge in [-0.3, -0.25) is 0 Å². The minimum atomic E-state index is -1.14. The Morgan fingerprint density at radius 3 is 1.84 bits per heavy atom. The molecule has 0 bridgehead atoms. The van der Waals surface area contributed by atoms with Gasteiger partial charge in [0, 0.05) is 27.0 Å². The lowest BCUT2D eigenvalue weighted by Crippen LogP contribution is -2.19. The first-order chi connectivity index (χ1) is 15.8. The van der Waals surface area contributed by atoms with Gasteiger partial charge in [-0.05, 0) is 36.4 Å². The molecule has 0 saturated carbocycles. The predicted octanol–water partition coefficient (Wildman–Crippen LogP) is 6.97. The third-order valence-electron chi connectivity index (χ3n) is 5.66. The number of rotatable bonds is 5. The number of hydrogen-bond donors (Lipinski definition) is 0. The van der Waals surface area contributed by atoms with Crippen molar-refractivity contribution in [1.82, 2.24) is 0 Å². The highest BCUT2D eigenvalue weighted by Crippen LogP contribution is 2.41. The third-order valence-corrected chi connectivity index (χ3v) is 7.81. The van der Waals surface area contributed by atoms with E-state index in [4.69, 9.17) is 13.3 Å². The Morgan fingerprint density at radius 2 is 1.28 bits per heavy atom. The average Bonchev–Trinajstić information content (AvgIpc) is 3.53. The molecule has 0 amide bonds. The van der Waals surface area contributed by atoms with Crippen molar-refractivity contribution >= 4 is 69.3 Å². The number of furan rings is 3. The zero-order valence-corrected chi connectivity index (χ0v) is 18.1. The van der Waals surface area contributed by atoms with Gasteiger partial charge in [0.25, 0.3) is 0 Å². The standard InChI is InChI=1S/C28H19O3P/c1-3-20-21-12-9-15-25(28(21)31-22(20)4-2)32(26-16-18-10-5-7-13-23(18)29-26)27-17-19-11-6-8-14-24(19)30-27/h3-17H,1-2H2. The molecule has 154 valence electrons. The summed E-state index contributed by atoms with van der Waals surface area (Å²) < 4.78 is 19.0. The van der Waals surface area contributed by atoms with E-state index in [0.717, 1.165) is 54.8 Å². The number of fused-ring (bicyclic) bond motifs is 3. The molecule has 6 aromatic rings. The zero-order chi connectivity index (χ0) is 21.7. The van der Waals surface area contributed by atoms with Gasteiger partial charge in [0.05, 0.1) is 7.92 Å². The fourth-order valence-corrected chi connectivity index (χ4v) is 6.39. The smallest absolute Gasteiger partial charge is 0.143 e. The molecule has 0 atom stereocenters. The molecular weight excluding hydrogens is 415 g/mol. The van der Waals surface area contributed by atoms with Gasteiger partial charge >= 0.3 is 0 Å². The minimum absolute atomic E-state index is 0.714. The van der Waals surface area contributed by atoms with E-state index in [1.54, 1.807) is 6.08 Å². The molecule has 6 rings (SSSR count). The van der Waals surface area contributed by atoms with Crippen LogP contribution in [0.25, 0.3) is 45.1 Å². The van der Waals surface area contributed by atoms with Crippen LogP contribution in [0.1, 0.15) is 11.3 Å². The fourth-order valence-electron chi connectivity index (χ4n) is 4.18. The molecular formula is C28H19O3P. The molecule has 0 N–H and O–H groups in total. The van der Waals surface area contributed by atoms with Gasteiger partial charge in [-0.1, -0.05) is 67.8 Å². The summed E-state index contributed by atoms with van der Waals surface area (Å²) in [6.45, 7) is 7.88. The molecule has 3 heterocycles. The van der Waals surface area contributed by atoms with Crippen LogP contribution in [-0.2, 0) is 0 Å². The van der Waals surface area contributed by atoms with E-state index in [1.165, 1.54) is 0 Å². The lowest BCUT2D eigenvalue weighted by atomic mass is 10.1. The van der Waals surface area contributed by atoms with Gasteiger partial charge in [0.2, 0.25) is 0 Å². The third kappa shape index (κ3) is 2.86. The summed E-state index contributed by atoms with van der Waals surface area (Å²) in [4.78, 5) is 0. The van der Waals surface area contributed by atoms with Crippen LogP contribution in [0, 0.1) is 0 Å². The van der Waals surface area contributed by atoms with Crippen LogP contribution in [0.2, 0.25) is 0 Å². The van der Waals surface area contributed by atoms with E-state index in [-0.39, 0.29) is 0 Å². The van der Waals surface area contributed by atoms with Gasteiger partial charge in [0.1, 0.15) is 33.5 Å². The highest BCUT2D eigenvalue weighted by atomic mass is 31.1. The van der Waals surface area contributed by atoms with Gasteiger partial charge < -0.3 is 13.3 Å². The molecule has 0 fully saturated rings. The molecule has 0 unspecified atom stereocenters. The van der Waals surface area contributed by atoms with Crippen LogP contribution in [-0.4, -0.2) is 0 Å². The van der Waals surface area contributed by atoms with Gasteiger partial charge in [-0.2, -0.15) is 0 Å². The molecule has 32 heavy (non-hydrogen) atoms. The van der Waals surface area contributed by atoms with Crippen molar-refractivity contribution in [3.63, 3.8) is 0 Å². The van der Waals surface area contributed by atoms with Crippen LogP contribution in [0.3, 0.4) is 0 Å². The Bertz CT molecular complexity index is 1490. The predicted molar refractivity (Wildman–Crippen MR) is 135 cm³/mol. The summed E-state index contributed by atoms with van der Waals surface area (Å²) in [6.07, 6.45) is 3.54. The molecule has 0 aliphatic heterocycles. The molecule has 3 aromatic carbocycles. The zero-order valence-electron chi connectivity index (χ0n) is 17.2. The van der Waals surface area contributed by atoms with Crippen molar-refractivity contribution < 1.29 is 13.3 Å². The lowest BCUT2D eigenvalue weighted by Gasteiger charge is -2.13. The lowest BCUT2D eigenvalue weighted by molar-refractivity contribution is 0.605. The Hall–Kier alpha value is -3.81. The summed E-state index contributed by atoms with van der Waals surface area (Å²) in [5.41, 5.74) is 5.20. The highest BCUT2D eigenvalue weighted by Gasteiger charge is 2.28. The number of para-hydroxylation sites is 3. The van der Waals surface area contributed by atoms with Crippen LogP contribution in [0.5, 0.6) is 0 Å². The largest absolute Gasteiger partial charge is 0.456 e. The summed E-state index contributed by atoms with van der Waals surface area (Å²) >= 11 is 0. The van der Waals surface area contributed by atoms with Gasteiger partial charge in [-0.25, -0.2) is 0 Å². The maximum Gasteiger partial charge on any atom is 0.143 e. The van der Waals surface area contributed by atoms with Crippen molar-refractivity contribution in [1.29, 1.82) is 0 Å². The summed E-state index contributed by atoms with van der Waals surface area (Å²) in [5, 5.41) is 4.17. The van der Waals surface area contributed by atoms with Gasteiger partial charge in [0.15, 0.2) is 0 Å². The topological polar surface area (TPSA) is 39.4 Å². The van der Waals surface area contributed by atoms with Crippen LogP contribution >= 0.6 is 7.92 Å². The molecule has 3 nitrogen and oxygen atoms in total. The maximum atomic E-state index is 6.36. The van der Waals surface area contributed by atoms with Crippen LogP contribution in [0.4, 0.5) is 0 Å². The molecule has 0 aliphatic carbocycles. The second kappa shape index (κ2) is 7.40. The first-order valence-corrected chi connectivity index (χ1v) is 11.7. The molecule has 3 aromatic heterocycles. The summed E-state index contributed by atoms with van der Waals surface area (Å²) in [5.74, 6) is 0.714. The van der Waals surface area contributed by atoms with E-state index >= 15 is 0 Å². The first-order valence-electron chi connectivity index (χ1n) is 10.3. The summed E-state index contributed by atoms with van der Waals surface area (Å²) in [6, 6.07) is 26.5. The van der Waals surface area contributed by atoms with E-state index in [9.17, 15) is 0 Å². The van der Waals surface area contributed by atoms with Crippen molar-refractivity contribution in [3.05, 3.63) is 103 Å². The molecule has 0 radical (unpaired) electrons. The first kappa shape index (κ1) is 18.9. The second-order valence-electron chi connectivity index (χ2n) is 7.52. The van der Waals surface area contributed by atoms with Crippen molar-refractivity contribution in [2.24, 2.45) is 0 Å².